The summed E-state index contributed by atoms with van der Waals surface area (Å²) >= 11 is 0. The third kappa shape index (κ3) is 4.41. The molecule has 0 aliphatic rings. The average Bonchev–Trinajstić information content (AvgIpc) is 1.65. The molecular weight excluding hydrogens is 133 g/mol. The Labute approximate surface area is 49.1 Å². The van der Waals surface area contributed by atoms with Gasteiger partial charge < -0.3 is 4.52 Å². The van der Waals surface area contributed by atoms with Gasteiger partial charge in [-0.05, 0) is 13.3 Å². The van der Waals surface area contributed by atoms with E-state index in [0.29, 0.717) is 6.42 Å². The normalized spacial score (nSPS) is 14.6. The summed E-state index contributed by atoms with van der Waals surface area (Å²) in [6.07, 6.45) is 0.350. The van der Waals surface area contributed by atoms with Gasteiger partial charge in [0.1, 0.15) is 0 Å². The van der Waals surface area contributed by atoms with Crippen molar-refractivity contribution in [2.75, 3.05) is 0 Å². The fourth-order valence-corrected chi connectivity index (χ4v) is 0.632. The van der Waals surface area contributed by atoms with Crippen LogP contribution in [0.1, 0.15) is 20.3 Å². The summed E-state index contributed by atoms with van der Waals surface area (Å²) in [4.78, 5) is 0. The zero-order valence-corrected chi connectivity index (χ0v) is 5.79. The first kappa shape index (κ1) is 8.25. The van der Waals surface area contributed by atoms with Crippen LogP contribution < -0.4 is 0 Å². The molecule has 0 aromatic heterocycles. The third-order valence-electron chi connectivity index (χ3n) is 0.835. The SMILES string of the molecule is CCC(C)OP(F)F. The van der Waals surface area contributed by atoms with Gasteiger partial charge in [-0.15, -0.1) is 0 Å². The lowest BCUT2D eigenvalue weighted by molar-refractivity contribution is 0.214. The molecule has 0 spiro atoms. The highest BCUT2D eigenvalue weighted by Crippen LogP contribution is 2.41. The molecule has 0 saturated carbocycles. The van der Waals surface area contributed by atoms with E-state index in [4.69, 9.17) is 0 Å². The van der Waals surface area contributed by atoms with Gasteiger partial charge >= 0.3 is 8.77 Å². The van der Waals surface area contributed by atoms with Gasteiger partial charge in [0.2, 0.25) is 0 Å². The zero-order chi connectivity index (χ0) is 6.57. The molecule has 0 aromatic rings. The minimum absolute atomic E-state index is 0.295. The molecule has 0 amide bonds. The summed E-state index contributed by atoms with van der Waals surface area (Å²) in [5.41, 5.74) is 0. The van der Waals surface area contributed by atoms with Crippen molar-refractivity contribution in [3.8, 4) is 0 Å². The Morgan fingerprint density at radius 3 is 2.25 bits per heavy atom. The molecule has 50 valence electrons. The van der Waals surface area contributed by atoms with Gasteiger partial charge in [-0.2, -0.15) is 8.39 Å². The van der Waals surface area contributed by atoms with Crippen LogP contribution in [0.25, 0.3) is 0 Å². The molecule has 1 nitrogen and oxygen atoms in total. The molecule has 0 rings (SSSR count). The van der Waals surface area contributed by atoms with Crippen molar-refractivity contribution in [2.45, 2.75) is 26.4 Å². The molecule has 0 saturated heterocycles. The molecule has 0 bridgehead atoms. The van der Waals surface area contributed by atoms with Crippen LogP contribution in [0.5, 0.6) is 0 Å². The molecule has 0 fully saturated rings. The van der Waals surface area contributed by atoms with Crippen LogP contribution >= 0.6 is 8.77 Å². The fourth-order valence-electron chi connectivity index (χ4n) is 0.211. The third-order valence-corrected chi connectivity index (χ3v) is 1.35. The van der Waals surface area contributed by atoms with Gasteiger partial charge in [0.25, 0.3) is 0 Å². The molecule has 0 aliphatic carbocycles. The van der Waals surface area contributed by atoms with Gasteiger partial charge in [0.05, 0.1) is 6.10 Å². The maximum Gasteiger partial charge on any atom is 0.415 e. The van der Waals surface area contributed by atoms with Gasteiger partial charge in [-0.25, -0.2) is 0 Å². The minimum Gasteiger partial charge on any atom is -0.303 e. The summed E-state index contributed by atoms with van der Waals surface area (Å²) in [5.74, 6) is 0. The first-order valence-corrected chi connectivity index (χ1v) is 3.49. The standard InChI is InChI=1S/C4H9F2OP/c1-3-4(2)7-8(5)6/h4H,3H2,1-2H3. The van der Waals surface area contributed by atoms with Crippen LogP contribution in [0.3, 0.4) is 0 Å². The Bertz CT molecular complexity index is 60.0. The first-order chi connectivity index (χ1) is 3.66. The second-order valence-electron chi connectivity index (χ2n) is 1.53. The second kappa shape index (κ2) is 4.16. The van der Waals surface area contributed by atoms with Crippen molar-refractivity contribution in [1.29, 1.82) is 0 Å². The molecule has 0 aliphatic heterocycles. The number of rotatable bonds is 3. The van der Waals surface area contributed by atoms with Crippen LogP contribution in [-0.4, -0.2) is 6.10 Å². The Balaban J connectivity index is 3.10. The predicted molar refractivity (Wildman–Crippen MR) is 30.0 cm³/mol. The highest BCUT2D eigenvalue weighted by atomic mass is 31.2. The van der Waals surface area contributed by atoms with E-state index < -0.39 is 8.77 Å². The second-order valence-corrected chi connectivity index (χ2v) is 2.14. The van der Waals surface area contributed by atoms with E-state index in [-0.39, 0.29) is 6.10 Å². The van der Waals surface area contributed by atoms with Crippen molar-refractivity contribution >= 4 is 8.77 Å². The summed E-state index contributed by atoms with van der Waals surface area (Å²) in [7, 11) is -3.15. The van der Waals surface area contributed by atoms with E-state index in [1.165, 1.54) is 0 Å². The Morgan fingerprint density at radius 2 is 2.12 bits per heavy atom. The smallest absolute Gasteiger partial charge is 0.303 e. The molecule has 1 atom stereocenters. The first-order valence-electron chi connectivity index (χ1n) is 2.45. The zero-order valence-electron chi connectivity index (χ0n) is 4.90. The fraction of sp³-hybridized carbons (Fsp3) is 1.00. The van der Waals surface area contributed by atoms with Gasteiger partial charge in [-0.1, -0.05) is 6.92 Å². The Morgan fingerprint density at radius 1 is 1.62 bits per heavy atom. The highest BCUT2D eigenvalue weighted by Gasteiger charge is 2.08. The average molecular weight is 142 g/mol. The topological polar surface area (TPSA) is 9.23 Å². The van der Waals surface area contributed by atoms with E-state index in [0.717, 1.165) is 0 Å². The molecule has 8 heavy (non-hydrogen) atoms. The number of hydrogen-bond acceptors (Lipinski definition) is 1. The molecule has 0 aromatic carbocycles. The predicted octanol–water partition coefficient (Wildman–Crippen LogP) is 2.97. The van der Waals surface area contributed by atoms with Crippen molar-refractivity contribution < 1.29 is 12.9 Å². The van der Waals surface area contributed by atoms with Crippen LogP contribution in [0.4, 0.5) is 8.39 Å². The summed E-state index contributed by atoms with van der Waals surface area (Å²) in [6.45, 7) is 3.44. The lowest BCUT2D eigenvalue weighted by Gasteiger charge is -2.05. The van der Waals surface area contributed by atoms with Crippen LogP contribution in [0.15, 0.2) is 0 Å². The molecular formula is C4H9F2OP. The molecule has 0 radical (unpaired) electrons. The minimum atomic E-state index is -3.15. The van der Waals surface area contributed by atoms with E-state index in [1.54, 1.807) is 6.92 Å². The summed E-state index contributed by atoms with van der Waals surface area (Å²) in [5, 5.41) is 0. The van der Waals surface area contributed by atoms with E-state index in [9.17, 15) is 8.39 Å². The van der Waals surface area contributed by atoms with Crippen LogP contribution in [-0.2, 0) is 4.52 Å². The van der Waals surface area contributed by atoms with Gasteiger partial charge in [-0.3, -0.25) is 0 Å². The molecule has 0 N–H and O–H groups in total. The lowest BCUT2D eigenvalue weighted by Crippen LogP contribution is -1.98. The van der Waals surface area contributed by atoms with Gasteiger partial charge in [0.15, 0.2) is 0 Å². The largest absolute Gasteiger partial charge is 0.415 e. The quantitative estimate of drug-likeness (QED) is 0.550. The van der Waals surface area contributed by atoms with Crippen LogP contribution in [0.2, 0.25) is 0 Å². The maximum absolute atomic E-state index is 11.3. The number of halogens is 2. The van der Waals surface area contributed by atoms with Crippen molar-refractivity contribution in [3.05, 3.63) is 0 Å². The van der Waals surface area contributed by atoms with Crippen molar-refractivity contribution in [2.24, 2.45) is 0 Å². The van der Waals surface area contributed by atoms with E-state index >= 15 is 0 Å². The number of hydrogen-bond donors (Lipinski definition) is 0. The van der Waals surface area contributed by atoms with Gasteiger partial charge in [0, 0.05) is 0 Å². The van der Waals surface area contributed by atoms with E-state index in [2.05, 4.69) is 4.52 Å². The monoisotopic (exact) mass is 142 g/mol. The molecule has 4 heteroatoms. The van der Waals surface area contributed by atoms with Crippen molar-refractivity contribution in [1.82, 2.24) is 0 Å². The van der Waals surface area contributed by atoms with Crippen molar-refractivity contribution in [3.63, 3.8) is 0 Å². The summed E-state index contributed by atoms with van der Waals surface area (Å²) < 4.78 is 26.8. The Hall–Kier alpha value is 0.250. The molecule has 0 heterocycles. The lowest BCUT2D eigenvalue weighted by atomic mass is 10.3. The Kier molecular flexibility index (Phi) is 4.29. The highest BCUT2D eigenvalue weighted by molar-refractivity contribution is 7.40. The maximum atomic E-state index is 11.3. The molecule has 1 unspecified atom stereocenters. The summed E-state index contributed by atoms with van der Waals surface area (Å²) in [6, 6.07) is 0. The van der Waals surface area contributed by atoms with Crippen LogP contribution in [0, 0.1) is 0 Å². The van der Waals surface area contributed by atoms with E-state index in [1.807, 2.05) is 6.92 Å².